The molecule has 1 aromatic carbocycles. The van der Waals surface area contributed by atoms with Gasteiger partial charge in [-0.15, -0.1) is 0 Å². The van der Waals surface area contributed by atoms with Gasteiger partial charge in [0.1, 0.15) is 0 Å². The summed E-state index contributed by atoms with van der Waals surface area (Å²) in [6.45, 7) is 0.870. The van der Waals surface area contributed by atoms with Crippen molar-refractivity contribution in [2.24, 2.45) is 0 Å². The lowest BCUT2D eigenvalue weighted by Gasteiger charge is -2.27. The molecule has 0 fully saturated rings. The molecule has 16 heavy (non-hydrogen) atoms. The zero-order chi connectivity index (χ0) is 11.5. The minimum atomic E-state index is -0.217. The maximum Gasteiger partial charge on any atom is 0.307 e. The zero-order valence-corrected chi connectivity index (χ0v) is 9.88. The zero-order valence-electron chi connectivity index (χ0n) is 9.13. The number of hydrogen-bond acceptors (Lipinski definition) is 3. The molecule has 1 aliphatic rings. The number of carbonyl (C=O) groups excluding carboxylic acids is 1. The van der Waals surface area contributed by atoms with Gasteiger partial charge in [0.15, 0.2) is 0 Å². The number of nitrogens with one attached hydrogen (secondary N) is 1. The number of rotatable bonds is 2. The highest BCUT2D eigenvalue weighted by atomic mass is 35.5. The van der Waals surface area contributed by atoms with Crippen molar-refractivity contribution in [3.63, 3.8) is 0 Å². The summed E-state index contributed by atoms with van der Waals surface area (Å²) in [5, 5.41) is 4.02. The van der Waals surface area contributed by atoms with Crippen molar-refractivity contribution in [1.29, 1.82) is 0 Å². The smallest absolute Gasteiger partial charge is 0.307 e. The highest BCUT2D eigenvalue weighted by molar-refractivity contribution is 6.31. The van der Waals surface area contributed by atoms with Gasteiger partial charge >= 0.3 is 5.97 Å². The number of hydrogen-bond donors (Lipinski definition) is 1. The molecule has 1 aromatic rings. The topological polar surface area (TPSA) is 38.3 Å². The van der Waals surface area contributed by atoms with Gasteiger partial charge in [-0.25, -0.2) is 0 Å². The second kappa shape index (κ2) is 4.85. The molecule has 1 unspecified atom stereocenters. The van der Waals surface area contributed by atoms with Gasteiger partial charge in [-0.05, 0) is 30.2 Å². The van der Waals surface area contributed by atoms with Crippen molar-refractivity contribution in [2.45, 2.75) is 18.9 Å². The van der Waals surface area contributed by atoms with E-state index in [1.165, 1.54) is 12.7 Å². The van der Waals surface area contributed by atoms with Crippen LogP contribution in [0.25, 0.3) is 0 Å². The summed E-state index contributed by atoms with van der Waals surface area (Å²) in [6, 6.07) is 5.84. The number of esters is 1. The van der Waals surface area contributed by atoms with Gasteiger partial charge < -0.3 is 10.1 Å². The lowest BCUT2D eigenvalue weighted by atomic mass is 9.92. The van der Waals surface area contributed by atoms with E-state index in [0.29, 0.717) is 6.42 Å². The highest BCUT2D eigenvalue weighted by Crippen LogP contribution is 2.31. The molecule has 1 aliphatic heterocycles. The van der Waals surface area contributed by atoms with Gasteiger partial charge in [0, 0.05) is 11.1 Å². The quantitative estimate of drug-likeness (QED) is 0.804. The lowest BCUT2D eigenvalue weighted by Crippen LogP contribution is -2.31. The van der Waals surface area contributed by atoms with Gasteiger partial charge in [-0.3, -0.25) is 4.79 Å². The van der Waals surface area contributed by atoms with Crippen LogP contribution in [-0.2, 0) is 16.0 Å². The fourth-order valence-corrected chi connectivity index (χ4v) is 2.42. The molecule has 1 atom stereocenters. The maximum atomic E-state index is 11.3. The molecular weight excluding hydrogens is 226 g/mol. The molecule has 0 aromatic heterocycles. The number of halogens is 1. The summed E-state index contributed by atoms with van der Waals surface area (Å²) in [6.07, 6.45) is 1.28. The van der Waals surface area contributed by atoms with Crippen molar-refractivity contribution in [1.82, 2.24) is 5.32 Å². The van der Waals surface area contributed by atoms with E-state index in [4.69, 9.17) is 11.6 Å². The summed E-state index contributed by atoms with van der Waals surface area (Å²) in [7, 11) is 1.40. The average Bonchev–Trinajstić information content (AvgIpc) is 2.29. The normalized spacial score (nSPS) is 19.0. The molecule has 3 nitrogen and oxygen atoms in total. The van der Waals surface area contributed by atoms with Crippen LogP contribution in [0.4, 0.5) is 0 Å². The molecule has 0 spiro atoms. The molecule has 0 amide bonds. The van der Waals surface area contributed by atoms with Gasteiger partial charge in [0.05, 0.1) is 13.5 Å². The Labute approximate surface area is 99.7 Å². The first-order valence-electron chi connectivity index (χ1n) is 5.30. The third-order valence-corrected chi connectivity index (χ3v) is 3.20. The first-order valence-corrected chi connectivity index (χ1v) is 5.67. The van der Waals surface area contributed by atoms with Gasteiger partial charge in [0.25, 0.3) is 0 Å². The van der Waals surface area contributed by atoms with E-state index in [1.54, 1.807) is 0 Å². The number of benzene rings is 1. The molecule has 0 aliphatic carbocycles. The van der Waals surface area contributed by atoms with Crippen LogP contribution < -0.4 is 5.32 Å². The van der Waals surface area contributed by atoms with Gasteiger partial charge in [-0.1, -0.05) is 23.7 Å². The largest absolute Gasteiger partial charge is 0.469 e. The molecule has 0 saturated carbocycles. The van der Waals surface area contributed by atoms with E-state index in [0.717, 1.165) is 23.6 Å². The van der Waals surface area contributed by atoms with Crippen LogP contribution in [-0.4, -0.2) is 19.6 Å². The fourth-order valence-electron chi connectivity index (χ4n) is 2.10. The molecule has 1 N–H and O–H groups in total. The Bertz CT molecular complexity index is 406. The Hall–Kier alpha value is -1.06. The Morgan fingerprint density at radius 2 is 2.44 bits per heavy atom. The van der Waals surface area contributed by atoms with Crippen molar-refractivity contribution < 1.29 is 9.53 Å². The van der Waals surface area contributed by atoms with Crippen LogP contribution in [0.3, 0.4) is 0 Å². The summed E-state index contributed by atoms with van der Waals surface area (Å²) in [4.78, 5) is 11.3. The van der Waals surface area contributed by atoms with E-state index in [1.807, 2.05) is 12.1 Å². The molecule has 4 heteroatoms. The summed E-state index contributed by atoms with van der Waals surface area (Å²) >= 11 is 6.17. The molecule has 2 rings (SSSR count). The van der Waals surface area contributed by atoms with E-state index >= 15 is 0 Å². The van der Waals surface area contributed by atoms with E-state index in [-0.39, 0.29) is 12.0 Å². The predicted molar refractivity (Wildman–Crippen MR) is 62.5 cm³/mol. The van der Waals surface area contributed by atoms with E-state index in [9.17, 15) is 4.79 Å². The Morgan fingerprint density at radius 1 is 1.62 bits per heavy atom. The molecular formula is C12H14ClNO2. The molecule has 1 heterocycles. The minimum absolute atomic E-state index is 0.0232. The second-order valence-corrected chi connectivity index (χ2v) is 4.26. The molecule has 0 bridgehead atoms. The van der Waals surface area contributed by atoms with Gasteiger partial charge in [-0.2, -0.15) is 0 Å². The number of ether oxygens (including phenoxy) is 1. The standard InChI is InChI=1S/C12H14ClNO2/c1-16-11(15)7-10-12-8(5-6-14-10)3-2-4-9(12)13/h2-4,10,14H,5-7H2,1H3. The molecule has 0 saturated heterocycles. The average molecular weight is 240 g/mol. The third-order valence-electron chi connectivity index (χ3n) is 2.88. The fraction of sp³-hybridized carbons (Fsp3) is 0.417. The molecule has 86 valence electrons. The van der Waals surface area contributed by atoms with Crippen molar-refractivity contribution in [3.05, 3.63) is 34.3 Å². The van der Waals surface area contributed by atoms with Crippen LogP contribution in [0.5, 0.6) is 0 Å². The number of fused-ring (bicyclic) bond motifs is 1. The van der Waals surface area contributed by atoms with Crippen LogP contribution in [0, 0.1) is 0 Å². The summed E-state index contributed by atoms with van der Waals surface area (Å²) in [5.74, 6) is -0.217. The lowest BCUT2D eigenvalue weighted by molar-refractivity contribution is -0.141. The van der Waals surface area contributed by atoms with Crippen molar-refractivity contribution in [3.8, 4) is 0 Å². The van der Waals surface area contributed by atoms with Gasteiger partial charge in [0.2, 0.25) is 0 Å². The maximum absolute atomic E-state index is 11.3. The Kier molecular flexibility index (Phi) is 3.46. The monoisotopic (exact) mass is 239 g/mol. The summed E-state index contributed by atoms with van der Waals surface area (Å²) in [5.41, 5.74) is 2.26. The van der Waals surface area contributed by atoms with Crippen molar-refractivity contribution in [2.75, 3.05) is 13.7 Å². The van der Waals surface area contributed by atoms with Crippen molar-refractivity contribution >= 4 is 17.6 Å². The first-order chi connectivity index (χ1) is 7.72. The third kappa shape index (κ3) is 2.20. The Balaban J connectivity index is 2.28. The summed E-state index contributed by atoms with van der Waals surface area (Å²) < 4.78 is 4.69. The minimum Gasteiger partial charge on any atom is -0.469 e. The Morgan fingerprint density at radius 3 is 3.19 bits per heavy atom. The van der Waals surface area contributed by atoms with Crippen LogP contribution in [0.2, 0.25) is 5.02 Å². The SMILES string of the molecule is COC(=O)CC1NCCc2cccc(Cl)c21. The number of methoxy groups -OCH3 is 1. The van der Waals surface area contributed by atoms with Crippen LogP contribution in [0.15, 0.2) is 18.2 Å². The second-order valence-electron chi connectivity index (χ2n) is 3.85. The number of carbonyl (C=O) groups is 1. The van der Waals surface area contributed by atoms with Crippen LogP contribution >= 0.6 is 11.6 Å². The van der Waals surface area contributed by atoms with Crippen LogP contribution in [0.1, 0.15) is 23.6 Å². The van der Waals surface area contributed by atoms with E-state index in [2.05, 4.69) is 16.1 Å². The first kappa shape index (κ1) is 11.4. The van der Waals surface area contributed by atoms with E-state index < -0.39 is 0 Å². The molecule has 0 radical (unpaired) electrons. The predicted octanol–water partition coefficient (Wildman–Crippen LogP) is 2.09. The highest BCUT2D eigenvalue weighted by Gasteiger charge is 2.24.